The van der Waals surface area contributed by atoms with Crippen LogP contribution in [0.15, 0.2) is 0 Å². The number of hydrogen-bond acceptors (Lipinski definition) is 5. The molecule has 0 bridgehead atoms. The number of aromatic nitrogens is 1. The molecule has 0 unspecified atom stereocenters. The second kappa shape index (κ2) is 4.91. The number of ether oxygens (including phenoxy) is 1. The molecular weight excluding hydrogens is 222 g/mol. The summed E-state index contributed by atoms with van der Waals surface area (Å²) < 4.78 is 9.76. The Balaban J connectivity index is 2.14. The number of nitrogens with two attached hydrogens (primary N) is 1. The zero-order valence-corrected chi connectivity index (χ0v) is 10.7. The van der Waals surface area contributed by atoms with Crippen molar-refractivity contribution in [2.45, 2.75) is 26.7 Å². The van der Waals surface area contributed by atoms with Crippen LogP contribution in [0.5, 0.6) is 5.75 Å². The molecule has 4 nitrogen and oxygen atoms in total. The van der Waals surface area contributed by atoms with Gasteiger partial charge in [0.05, 0.1) is 6.61 Å². The highest BCUT2D eigenvalue weighted by molar-refractivity contribution is 7.11. The molecule has 1 aromatic rings. The molecule has 2 rings (SSSR count). The molecule has 0 amide bonds. The summed E-state index contributed by atoms with van der Waals surface area (Å²) in [7, 11) is 0. The van der Waals surface area contributed by atoms with Crippen molar-refractivity contribution >= 4 is 22.4 Å². The molecule has 90 valence electrons. The Hall–Kier alpha value is -0.970. The Morgan fingerprint density at radius 1 is 1.50 bits per heavy atom. The van der Waals surface area contributed by atoms with Gasteiger partial charge >= 0.3 is 0 Å². The quantitative estimate of drug-likeness (QED) is 0.830. The lowest BCUT2D eigenvalue weighted by Crippen LogP contribution is -2.24. The first-order chi connectivity index (χ1) is 7.76. The van der Waals surface area contributed by atoms with Crippen LogP contribution in [0.25, 0.3) is 0 Å². The van der Waals surface area contributed by atoms with Crippen molar-refractivity contribution in [3.63, 3.8) is 0 Å². The van der Waals surface area contributed by atoms with E-state index in [0.717, 1.165) is 29.8 Å². The van der Waals surface area contributed by atoms with Gasteiger partial charge in [-0.3, -0.25) is 0 Å². The van der Waals surface area contributed by atoms with Gasteiger partial charge in [-0.05, 0) is 44.1 Å². The Morgan fingerprint density at radius 2 is 2.25 bits per heavy atom. The average molecular weight is 241 g/mol. The van der Waals surface area contributed by atoms with Crippen LogP contribution in [0.1, 0.15) is 26.7 Å². The molecule has 1 fully saturated rings. The van der Waals surface area contributed by atoms with Crippen LogP contribution in [0.3, 0.4) is 0 Å². The summed E-state index contributed by atoms with van der Waals surface area (Å²) in [6.07, 6.45) is 2.71. The maximum Gasteiger partial charge on any atom is 0.197 e. The highest BCUT2D eigenvalue weighted by atomic mass is 32.1. The molecule has 0 spiro atoms. The third-order valence-corrected chi connectivity index (χ3v) is 3.69. The highest BCUT2D eigenvalue weighted by Gasteiger charge is 2.26. The van der Waals surface area contributed by atoms with Crippen molar-refractivity contribution in [2.75, 3.05) is 30.3 Å². The van der Waals surface area contributed by atoms with E-state index in [1.54, 1.807) is 0 Å². The van der Waals surface area contributed by atoms with E-state index in [1.807, 2.05) is 6.92 Å². The van der Waals surface area contributed by atoms with Gasteiger partial charge in [-0.2, -0.15) is 4.37 Å². The summed E-state index contributed by atoms with van der Waals surface area (Å²) in [6.45, 7) is 6.86. The van der Waals surface area contributed by atoms with E-state index < -0.39 is 0 Å². The van der Waals surface area contributed by atoms with E-state index in [9.17, 15) is 0 Å². The lowest BCUT2D eigenvalue weighted by atomic mass is 10.3. The van der Waals surface area contributed by atoms with Crippen LogP contribution in [-0.2, 0) is 0 Å². The van der Waals surface area contributed by atoms with Crippen molar-refractivity contribution in [3.8, 4) is 5.75 Å². The summed E-state index contributed by atoms with van der Waals surface area (Å²) in [5, 5.41) is 1.09. The van der Waals surface area contributed by atoms with Crippen LogP contribution in [0.4, 0.5) is 10.8 Å². The monoisotopic (exact) mass is 241 g/mol. The van der Waals surface area contributed by atoms with Gasteiger partial charge < -0.3 is 15.4 Å². The number of nitrogen functional groups attached to an aromatic ring is 1. The largest absolute Gasteiger partial charge is 0.487 e. The predicted molar refractivity (Wildman–Crippen MR) is 68.3 cm³/mol. The van der Waals surface area contributed by atoms with Crippen LogP contribution in [0.2, 0.25) is 0 Å². The summed E-state index contributed by atoms with van der Waals surface area (Å²) in [6, 6.07) is 0. The van der Waals surface area contributed by atoms with Gasteiger partial charge in [0.2, 0.25) is 0 Å². The van der Waals surface area contributed by atoms with Crippen molar-refractivity contribution < 1.29 is 4.74 Å². The Morgan fingerprint density at radius 3 is 2.81 bits per heavy atom. The van der Waals surface area contributed by atoms with Crippen molar-refractivity contribution in [2.24, 2.45) is 5.92 Å². The first-order valence-electron chi connectivity index (χ1n) is 5.89. The number of anilines is 2. The number of nitrogens with zero attached hydrogens (tertiary/aromatic N) is 2. The van der Waals surface area contributed by atoms with Gasteiger partial charge in [0, 0.05) is 13.1 Å². The minimum Gasteiger partial charge on any atom is -0.487 e. The third-order valence-electron chi connectivity index (χ3n) is 2.79. The summed E-state index contributed by atoms with van der Waals surface area (Å²) in [5.74, 6) is 2.16. The second-order valence-corrected chi connectivity index (χ2v) is 4.87. The minimum absolute atomic E-state index is 0.524. The third kappa shape index (κ3) is 2.40. The molecular formula is C11H19N3OS. The molecule has 1 saturated carbocycles. The van der Waals surface area contributed by atoms with E-state index >= 15 is 0 Å². The molecule has 5 heteroatoms. The van der Waals surface area contributed by atoms with Crippen LogP contribution in [0, 0.1) is 5.92 Å². The lowest BCUT2D eigenvalue weighted by Gasteiger charge is -2.21. The zero-order chi connectivity index (χ0) is 11.5. The topological polar surface area (TPSA) is 51.4 Å². The maximum absolute atomic E-state index is 5.81. The molecule has 0 aromatic carbocycles. The molecule has 0 saturated heterocycles. The van der Waals surface area contributed by atoms with Gasteiger partial charge in [-0.25, -0.2) is 0 Å². The van der Waals surface area contributed by atoms with Crippen molar-refractivity contribution in [1.29, 1.82) is 0 Å². The fraction of sp³-hybridized carbons (Fsp3) is 0.727. The van der Waals surface area contributed by atoms with E-state index in [2.05, 4.69) is 16.2 Å². The fourth-order valence-electron chi connectivity index (χ4n) is 1.73. The van der Waals surface area contributed by atoms with Gasteiger partial charge in [-0.15, -0.1) is 0 Å². The molecule has 1 aliphatic carbocycles. The molecule has 0 radical (unpaired) electrons. The molecule has 2 N–H and O–H groups in total. The molecule has 1 aromatic heterocycles. The SMILES string of the molecule is CCOc1c(N)nsc1N(CC)CC1CC1. The minimum atomic E-state index is 0.524. The number of hydrogen-bond donors (Lipinski definition) is 1. The van der Waals surface area contributed by atoms with Gasteiger partial charge in [-0.1, -0.05) is 0 Å². The summed E-state index contributed by atoms with van der Waals surface area (Å²) >= 11 is 1.44. The standard InChI is InChI=1S/C11H19N3OS/c1-3-14(7-8-5-6-8)11-9(15-4-2)10(12)13-16-11/h8H,3-7H2,1-2H3,(H2,12,13). The van der Waals surface area contributed by atoms with Crippen molar-refractivity contribution in [3.05, 3.63) is 0 Å². The van der Waals surface area contributed by atoms with Crippen LogP contribution in [-0.4, -0.2) is 24.1 Å². The van der Waals surface area contributed by atoms with E-state index in [4.69, 9.17) is 10.5 Å². The first kappa shape index (κ1) is 11.5. The normalized spacial score (nSPS) is 15.1. The lowest BCUT2D eigenvalue weighted by molar-refractivity contribution is 0.343. The molecule has 1 aliphatic rings. The van der Waals surface area contributed by atoms with Crippen molar-refractivity contribution in [1.82, 2.24) is 4.37 Å². The second-order valence-electron chi connectivity index (χ2n) is 4.12. The molecule has 1 heterocycles. The molecule has 0 atom stereocenters. The first-order valence-corrected chi connectivity index (χ1v) is 6.66. The highest BCUT2D eigenvalue weighted by Crippen LogP contribution is 2.40. The van der Waals surface area contributed by atoms with Gasteiger partial charge in [0.25, 0.3) is 0 Å². The molecule has 0 aliphatic heterocycles. The summed E-state index contributed by atoms with van der Waals surface area (Å²) in [5.41, 5.74) is 5.81. The van der Waals surface area contributed by atoms with Gasteiger partial charge in [0.15, 0.2) is 16.6 Å². The van der Waals surface area contributed by atoms with E-state index in [-0.39, 0.29) is 0 Å². The van der Waals surface area contributed by atoms with Crippen LogP contribution < -0.4 is 15.4 Å². The average Bonchev–Trinajstić information content (AvgIpc) is 3.03. The Labute approximate surface area is 101 Å². The van der Waals surface area contributed by atoms with Crippen LogP contribution >= 0.6 is 11.5 Å². The Bertz CT molecular complexity index is 349. The Kier molecular flexibility index (Phi) is 3.53. The van der Waals surface area contributed by atoms with Gasteiger partial charge in [0.1, 0.15) is 0 Å². The molecule has 16 heavy (non-hydrogen) atoms. The number of rotatable bonds is 6. The maximum atomic E-state index is 5.81. The van der Waals surface area contributed by atoms with E-state index in [1.165, 1.54) is 24.4 Å². The predicted octanol–water partition coefficient (Wildman–Crippen LogP) is 2.36. The van der Waals surface area contributed by atoms with E-state index in [0.29, 0.717) is 12.4 Å². The summed E-state index contributed by atoms with van der Waals surface area (Å²) in [4.78, 5) is 2.33. The fourth-order valence-corrected chi connectivity index (χ4v) is 2.57. The smallest absolute Gasteiger partial charge is 0.197 e. The zero-order valence-electron chi connectivity index (χ0n) is 9.90.